The first-order valence-corrected chi connectivity index (χ1v) is 12.5. The number of pyridine rings is 1. The fourth-order valence-corrected chi connectivity index (χ4v) is 4.07. The van der Waals surface area contributed by atoms with Gasteiger partial charge in [-0.2, -0.15) is 13.2 Å². The number of thioether (sulfide) groups is 1. The second-order valence-corrected chi connectivity index (χ2v) is 9.35. The topological polar surface area (TPSA) is 118 Å². The van der Waals surface area contributed by atoms with Crippen molar-refractivity contribution in [3.8, 4) is 0 Å². The van der Waals surface area contributed by atoms with Gasteiger partial charge in [-0.25, -0.2) is 9.19 Å². The van der Waals surface area contributed by atoms with Gasteiger partial charge in [-0.1, -0.05) is 13.8 Å². The highest BCUT2D eigenvalue weighted by Crippen LogP contribution is 2.44. The van der Waals surface area contributed by atoms with Crippen molar-refractivity contribution < 1.29 is 17.4 Å². The highest BCUT2D eigenvalue weighted by molar-refractivity contribution is 8.26. The zero-order chi connectivity index (χ0) is 24.1. The minimum Gasteiger partial charge on any atom is -0.378 e. The lowest BCUT2D eigenvalue weighted by Gasteiger charge is -2.15. The normalized spacial score (nSPS) is 15.3. The molecule has 1 aliphatic rings. The van der Waals surface area contributed by atoms with E-state index in [4.69, 9.17) is 16.3 Å². The van der Waals surface area contributed by atoms with Crippen molar-refractivity contribution in [2.45, 2.75) is 52.1 Å². The van der Waals surface area contributed by atoms with E-state index < -0.39 is 22.7 Å². The average Bonchev–Trinajstić information content (AvgIpc) is 3.56. The molecule has 1 fully saturated rings. The molecule has 1 unspecified atom stereocenters. The van der Waals surface area contributed by atoms with E-state index in [2.05, 4.69) is 9.98 Å². The molecule has 0 spiro atoms. The van der Waals surface area contributed by atoms with Crippen LogP contribution in [-0.4, -0.2) is 31.7 Å². The van der Waals surface area contributed by atoms with Crippen molar-refractivity contribution in [1.82, 2.24) is 4.98 Å². The number of aryl methyl sites for hydroxylation is 1. The minimum atomic E-state index is -4.54. The monoisotopic (exact) mass is 487 g/mol. The summed E-state index contributed by atoms with van der Waals surface area (Å²) >= 11 is 0.820. The molecule has 0 saturated heterocycles. The third-order valence-corrected chi connectivity index (χ3v) is 6.15. The largest absolute Gasteiger partial charge is 0.418 e. The predicted molar refractivity (Wildman–Crippen MR) is 128 cm³/mol. The first-order valence-electron chi connectivity index (χ1n) is 10.3. The number of nitrogens with one attached hydrogen (secondary N) is 1. The quantitative estimate of drug-likeness (QED) is 0.307. The minimum absolute atomic E-state index is 0.0856. The van der Waals surface area contributed by atoms with Gasteiger partial charge in [-0.05, 0) is 73.2 Å². The molecule has 1 aliphatic carbocycles. The maximum Gasteiger partial charge on any atom is 0.418 e. The van der Waals surface area contributed by atoms with Crippen LogP contribution in [0.15, 0.2) is 23.2 Å². The van der Waals surface area contributed by atoms with E-state index in [0.717, 1.165) is 24.6 Å². The van der Waals surface area contributed by atoms with Crippen LogP contribution in [-0.2, 0) is 17.2 Å². The molecule has 0 amide bonds. The van der Waals surface area contributed by atoms with Crippen molar-refractivity contribution >= 4 is 43.9 Å². The van der Waals surface area contributed by atoms with Crippen LogP contribution in [0.3, 0.4) is 0 Å². The van der Waals surface area contributed by atoms with Gasteiger partial charge in [-0.15, -0.1) is 0 Å². The lowest BCUT2D eigenvalue weighted by molar-refractivity contribution is -0.136. The molecular formula is C21H28F3N5OS2. The van der Waals surface area contributed by atoms with Gasteiger partial charge in [0, 0.05) is 17.7 Å². The van der Waals surface area contributed by atoms with Crippen LogP contribution >= 0.6 is 11.8 Å². The Morgan fingerprint density at radius 1 is 1.31 bits per heavy atom. The molecule has 0 bridgehead atoms. The fourth-order valence-electron chi connectivity index (χ4n) is 3.08. The number of amidine groups is 1. The third kappa shape index (κ3) is 7.01. The Bertz CT molecular complexity index is 1040. The standard InChI is InChI=1S/C19H22F3N5OS2.C2H6/c1-10-7-15(17(23)29-18(24)26-5-2-6-30(25)28)27-16-13(10)8-12(11-3-4-11)9-14(16)19(20,21)22;1-2/h7-9,11,23H,2-6,25H2,1H3,(H2,24,26);1-2H3. The summed E-state index contributed by atoms with van der Waals surface area (Å²) in [7, 11) is -1.41. The van der Waals surface area contributed by atoms with Crippen molar-refractivity contribution in [2.24, 2.45) is 15.9 Å². The molecule has 1 saturated carbocycles. The van der Waals surface area contributed by atoms with Gasteiger partial charge < -0.3 is 5.73 Å². The van der Waals surface area contributed by atoms with Gasteiger partial charge in [-0.3, -0.25) is 15.5 Å². The van der Waals surface area contributed by atoms with Crippen molar-refractivity contribution in [1.29, 1.82) is 5.41 Å². The van der Waals surface area contributed by atoms with E-state index in [1.807, 2.05) is 13.8 Å². The van der Waals surface area contributed by atoms with Crippen LogP contribution in [0, 0.1) is 12.3 Å². The van der Waals surface area contributed by atoms with Crippen LogP contribution in [0.1, 0.15) is 61.4 Å². The zero-order valence-corrected chi connectivity index (χ0v) is 19.9. The molecule has 6 nitrogen and oxygen atoms in total. The van der Waals surface area contributed by atoms with E-state index in [1.165, 1.54) is 6.07 Å². The molecular weight excluding hydrogens is 459 g/mol. The summed E-state index contributed by atoms with van der Waals surface area (Å²) in [5, 5.41) is 13.8. The van der Waals surface area contributed by atoms with Gasteiger partial charge in [0.2, 0.25) is 0 Å². The smallest absolute Gasteiger partial charge is 0.378 e. The van der Waals surface area contributed by atoms with Gasteiger partial charge in [0.25, 0.3) is 0 Å². The van der Waals surface area contributed by atoms with Gasteiger partial charge in [0.15, 0.2) is 5.17 Å². The second kappa shape index (κ2) is 11.2. The number of rotatable bonds is 6. The first kappa shape index (κ1) is 26.3. The molecule has 1 atom stereocenters. The number of alkyl halides is 3. The fraction of sp³-hybridized carbons (Fsp3) is 0.476. The molecule has 176 valence electrons. The number of fused-ring (bicyclic) bond motifs is 1. The Balaban J connectivity index is 0.00000176. The molecule has 1 heterocycles. The van der Waals surface area contributed by atoms with E-state index in [1.54, 1.807) is 19.1 Å². The molecule has 1 aromatic heterocycles. The van der Waals surface area contributed by atoms with Gasteiger partial charge >= 0.3 is 6.18 Å². The Morgan fingerprint density at radius 2 is 1.97 bits per heavy atom. The van der Waals surface area contributed by atoms with Crippen LogP contribution in [0.2, 0.25) is 0 Å². The number of nitrogens with zero attached hydrogens (tertiary/aromatic N) is 2. The predicted octanol–water partition coefficient (Wildman–Crippen LogP) is 4.85. The highest BCUT2D eigenvalue weighted by atomic mass is 32.2. The van der Waals surface area contributed by atoms with Gasteiger partial charge in [0.05, 0.1) is 27.8 Å². The SMILES string of the molecule is CC.Cc1cc(C(=N)SC(N)=NCCCS(N)=O)nc2c(C(F)(F)F)cc(C3CC3)cc12. The summed E-state index contributed by atoms with van der Waals surface area (Å²) in [6.45, 7) is 6.01. The van der Waals surface area contributed by atoms with Crippen molar-refractivity contribution in [3.05, 3.63) is 40.6 Å². The molecule has 2 aromatic rings. The summed E-state index contributed by atoms with van der Waals surface area (Å²) in [5.41, 5.74) is 6.27. The molecule has 5 N–H and O–H groups in total. The number of halogens is 3. The summed E-state index contributed by atoms with van der Waals surface area (Å²) in [6.07, 6.45) is -2.27. The Morgan fingerprint density at radius 3 is 2.53 bits per heavy atom. The number of aliphatic imine (C=N–C) groups is 1. The number of nitrogens with two attached hydrogens (primary N) is 2. The van der Waals surface area contributed by atoms with Crippen LogP contribution < -0.4 is 10.9 Å². The van der Waals surface area contributed by atoms with E-state index in [-0.39, 0.29) is 33.1 Å². The van der Waals surface area contributed by atoms with Crippen LogP contribution in [0.4, 0.5) is 13.2 Å². The number of aromatic nitrogens is 1. The van der Waals surface area contributed by atoms with Gasteiger partial charge in [0.1, 0.15) is 5.04 Å². The molecule has 11 heteroatoms. The third-order valence-electron chi connectivity index (χ3n) is 4.71. The molecule has 0 radical (unpaired) electrons. The van der Waals surface area contributed by atoms with Crippen molar-refractivity contribution in [3.63, 3.8) is 0 Å². The summed E-state index contributed by atoms with van der Waals surface area (Å²) < 4.78 is 52.0. The lowest BCUT2D eigenvalue weighted by atomic mass is 9.98. The molecule has 1 aromatic carbocycles. The molecule has 3 rings (SSSR count). The maximum atomic E-state index is 13.7. The van der Waals surface area contributed by atoms with E-state index >= 15 is 0 Å². The number of hydrogen-bond acceptors (Lipinski definition) is 5. The Labute approximate surface area is 192 Å². The van der Waals surface area contributed by atoms with Crippen LogP contribution in [0.25, 0.3) is 10.9 Å². The summed E-state index contributed by atoms with van der Waals surface area (Å²) in [6, 6.07) is 4.56. The Hall–Kier alpha value is -1.98. The van der Waals surface area contributed by atoms with E-state index in [0.29, 0.717) is 29.5 Å². The van der Waals surface area contributed by atoms with E-state index in [9.17, 15) is 17.4 Å². The number of hydrogen-bond donors (Lipinski definition) is 3. The summed E-state index contributed by atoms with van der Waals surface area (Å²) in [5.74, 6) is 0.462. The Kier molecular flexibility index (Phi) is 9.23. The molecule has 0 aliphatic heterocycles. The molecule has 32 heavy (non-hydrogen) atoms. The second-order valence-electron chi connectivity index (χ2n) is 7.15. The number of benzene rings is 1. The highest BCUT2D eigenvalue weighted by Gasteiger charge is 2.36. The first-order chi connectivity index (χ1) is 15.1. The van der Waals surface area contributed by atoms with Crippen LogP contribution in [0.5, 0.6) is 0 Å². The summed E-state index contributed by atoms with van der Waals surface area (Å²) in [4.78, 5) is 8.22. The zero-order valence-electron chi connectivity index (χ0n) is 18.3. The average molecular weight is 488 g/mol. The maximum absolute atomic E-state index is 13.7. The van der Waals surface area contributed by atoms with Crippen molar-refractivity contribution in [2.75, 3.05) is 12.3 Å². The lowest BCUT2D eigenvalue weighted by Crippen LogP contribution is -2.14.